The first kappa shape index (κ1) is 18.7. The summed E-state index contributed by atoms with van der Waals surface area (Å²) in [5.41, 5.74) is 4.84. The molecule has 1 amide bonds. The van der Waals surface area contributed by atoms with Crippen molar-refractivity contribution in [2.45, 2.75) is 38.1 Å². The van der Waals surface area contributed by atoms with Gasteiger partial charge in [0.25, 0.3) is 5.91 Å². The molecule has 0 aromatic carbocycles. The molecule has 1 atom stereocenters. The fourth-order valence-electron chi connectivity index (χ4n) is 4.26. The molecule has 8 nitrogen and oxygen atoms in total. The van der Waals surface area contributed by atoms with E-state index >= 15 is 0 Å². The number of rotatable bonds is 4. The first-order chi connectivity index (χ1) is 14.7. The molecule has 4 heterocycles. The second-order valence-electron chi connectivity index (χ2n) is 8.09. The van der Waals surface area contributed by atoms with Gasteiger partial charge in [-0.2, -0.15) is 5.10 Å². The van der Waals surface area contributed by atoms with Crippen molar-refractivity contribution < 1.29 is 4.79 Å². The Labute approximate surface area is 175 Å². The van der Waals surface area contributed by atoms with Gasteiger partial charge >= 0.3 is 0 Å². The van der Waals surface area contributed by atoms with Crippen LogP contribution in [0, 0.1) is 0 Å². The standard InChI is InChI=1S/C22H25N7O/c1-28-13-17(12-25-28)20-6-8-23-22(27-20)29-9-7-18(14-29)26-21(30)16-10-15-4-2-3-5-19(15)24-11-16/h6,8,10-13,18H,2-5,7,9,14H2,1H3,(H,26,30). The van der Waals surface area contributed by atoms with Gasteiger partial charge < -0.3 is 10.2 Å². The van der Waals surface area contributed by atoms with E-state index < -0.39 is 0 Å². The SMILES string of the molecule is Cn1cc(-c2ccnc(N3CCC(NC(=O)c4cnc5c(c4)CCCC5)C3)n2)cn1. The van der Waals surface area contributed by atoms with Crippen molar-refractivity contribution >= 4 is 11.9 Å². The minimum absolute atomic E-state index is 0.0484. The smallest absolute Gasteiger partial charge is 0.253 e. The number of aromatic nitrogens is 5. The first-order valence-electron chi connectivity index (χ1n) is 10.5. The van der Waals surface area contributed by atoms with Crippen molar-refractivity contribution in [2.24, 2.45) is 7.05 Å². The molecule has 1 N–H and O–H groups in total. The molecule has 3 aromatic rings. The molecule has 1 aliphatic carbocycles. The molecule has 3 aromatic heterocycles. The van der Waals surface area contributed by atoms with E-state index in [1.807, 2.05) is 25.4 Å². The zero-order chi connectivity index (χ0) is 20.5. The van der Waals surface area contributed by atoms with Crippen LogP contribution < -0.4 is 10.2 Å². The molecule has 0 bridgehead atoms. The van der Waals surface area contributed by atoms with Crippen LogP contribution in [0.25, 0.3) is 11.3 Å². The number of pyridine rings is 1. The summed E-state index contributed by atoms with van der Waals surface area (Å²) in [5.74, 6) is 0.635. The van der Waals surface area contributed by atoms with E-state index in [9.17, 15) is 4.79 Å². The van der Waals surface area contributed by atoms with Crippen molar-refractivity contribution in [3.8, 4) is 11.3 Å². The highest BCUT2D eigenvalue weighted by Crippen LogP contribution is 2.22. The number of hydrogen-bond donors (Lipinski definition) is 1. The Kier molecular flexibility index (Phi) is 4.90. The predicted molar refractivity (Wildman–Crippen MR) is 113 cm³/mol. The number of anilines is 1. The third-order valence-electron chi connectivity index (χ3n) is 5.88. The van der Waals surface area contributed by atoms with Gasteiger partial charge in [-0.3, -0.25) is 14.5 Å². The minimum atomic E-state index is -0.0484. The Morgan fingerprint density at radius 1 is 1.20 bits per heavy atom. The summed E-state index contributed by atoms with van der Waals surface area (Å²) in [5, 5.41) is 7.37. The number of nitrogens with zero attached hydrogens (tertiary/aromatic N) is 6. The number of amides is 1. The predicted octanol–water partition coefficient (Wildman–Crippen LogP) is 2.16. The molecule has 0 saturated carbocycles. The topological polar surface area (TPSA) is 88.8 Å². The van der Waals surface area contributed by atoms with E-state index in [2.05, 4.69) is 25.3 Å². The molecule has 5 rings (SSSR count). The van der Waals surface area contributed by atoms with Crippen molar-refractivity contribution in [3.63, 3.8) is 0 Å². The van der Waals surface area contributed by atoms with Crippen LogP contribution in [0.1, 0.15) is 40.9 Å². The van der Waals surface area contributed by atoms with E-state index in [1.54, 1.807) is 23.3 Å². The Bertz CT molecular complexity index is 1080. The van der Waals surface area contributed by atoms with Crippen molar-refractivity contribution in [1.29, 1.82) is 0 Å². The minimum Gasteiger partial charge on any atom is -0.347 e. The fraction of sp³-hybridized carbons (Fsp3) is 0.409. The van der Waals surface area contributed by atoms with Crippen LogP contribution in [0.5, 0.6) is 0 Å². The van der Waals surface area contributed by atoms with Gasteiger partial charge in [-0.25, -0.2) is 9.97 Å². The lowest BCUT2D eigenvalue weighted by Gasteiger charge is -2.18. The highest BCUT2D eigenvalue weighted by atomic mass is 16.1. The van der Waals surface area contributed by atoms with Gasteiger partial charge in [0.05, 0.1) is 17.5 Å². The summed E-state index contributed by atoms with van der Waals surface area (Å²) >= 11 is 0. The number of hydrogen-bond acceptors (Lipinski definition) is 6. The summed E-state index contributed by atoms with van der Waals surface area (Å²) in [7, 11) is 1.89. The van der Waals surface area contributed by atoms with Crippen LogP contribution in [-0.2, 0) is 19.9 Å². The lowest BCUT2D eigenvalue weighted by Crippen LogP contribution is -2.37. The largest absolute Gasteiger partial charge is 0.347 e. The normalized spacial score (nSPS) is 18.3. The maximum absolute atomic E-state index is 12.8. The highest BCUT2D eigenvalue weighted by molar-refractivity contribution is 5.94. The Morgan fingerprint density at radius 3 is 2.97 bits per heavy atom. The molecule has 1 fully saturated rings. The Hall–Kier alpha value is -3.29. The molecule has 0 radical (unpaired) electrons. The van der Waals surface area contributed by atoms with Gasteiger partial charge in [-0.1, -0.05) is 0 Å². The maximum atomic E-state index is 12.8. The van der Waals surface area contributed by atoms with Gasteiger partial charge in [-0.05, 0) is 49.8 Å². The van der Waals surface area contributed by atoms with E-state index in [-0.39, 0.29) is 11.9 Å². The fourth-order valence-corrected chi connectivity index (χ4v) is 4.26. The van der Waals surface area contributed by atoms with E-state index in [0.717, 1.165) is 42.8 Å². The van der Waals surface area contributed by atoms with Crippen molar-refractivity contribution in [1.82, 2.24) is 30.0 Å². The van der Waals surface area contributed by atoms with Crippen LogP contribution in [0.2, 0.25) is 0 Å². The second-order valence-corrected chi connectivity index (χ2v) is 8.09. The summed E-state index contributed by atoms with van der Waals surface area (Å²) < 4.78 is 1.76. The van der Waals surface area contributed by atoms with Crippen molar-refractivity contribution in [2.75, 3.05) is 18.0 Å². The molecule has 1 unspecified atom stereocenters. The number of carbonyl (C=O) groups is 1. The average Bonchev–Trinajstić information content (AvgIpc) is 3.42. The molecular formula is C22H25N7O. The molecule has 1 aliphatic heterocycles. The molecule has 30 heavy (non-hydrogen) atoms. The molecule has 2 aliphatic rings. The quantitative estimate of drug-likeness (QED) is 0.718. The number of carbonyl (C=O) groups excluding carboxylic acids is 1. The summed E-state index contributed by atoms with van der Waals surface area (Å²) in [4.78, 5) is 28.5. The lowest BCUT2D eigenvalue weighted by molar-refractivity contribution is 0.0940. The van der Waals surface area contributed by atoms with E-state index in [4.69, 9.17) is 4.98 Å². The van der Waals surface area contributed by atoms with E-state index in [0.29, 0.717) is 18.1 Å². The third kappa shape index (κ3) is 3.77. The number of aryl methyl sites for hydroxylation is 3. The molecule has 0 spiro atoms. The summed E-state index contributed by atoms with van der Waals surface area (Å²) in [6.45, 7) is 1.50. The van der Waals surface area contributed by atoms with Crippen LogP contribution in [-0.4, -0.2) is 49.8 Å². The van der Waals surface area contributed by atoms with Gasteiger partial charge in [0.1, 0.15) is 0 Å². The molecule has 1 saturated heterocycles. The van der Waals surface area contributed by atoms with Gasteiger partial charge in [0.15, 0.2) is 0 Å². The number of fused-ring (bicyclic) bond motifs is 1. The van der Waals surface area contributed by atoms with Gasteiger partial charge in [0.2, 0.25) is 5.95 Å². The van der Waals surface area contributed by atoms with Crippen LogP contribution in [0.3, 0.4) is 0 Å². The van der Waals surface area contributed by atoms with Gasteiger partial charge in [0, 0.05) is 56.0 Å². The third-order valence-corrected chi connectivity index (χ3v) is 5.88. The van der Waals surface area contributed by atoms with Gasteiger partial charge in [-0.15, -0.1) is 0 Å². The zero-order valence-electron chi connectivity index (χ0n) is 17.1. The lowest BCUT2D eigenvalue weighted by atomic mass is 9.95. The zero-order valence-corrected chi connectivity index (χ0v) is 17.1. The van der Waals surface area contributed by atoms with Crippen LogP contribution in [0.15, 0.2) is 36.9 Å². The van der Waals surface area contributed by atoms with Crippen LogP contribution in [0.4, 0.5) is 5.95 Å². The monoisotopic (exact) mass is 403 g/mol. The summed E-state index contributed by atoms with van der Waals surface area (Å²) in [6.07, 6.45) is 12.5. The highest BCUT2D eigenvalue weighted by Gasteiger charge is 2.26. The Morgan fingerprint density at radius 2 is 2.10 bits per heavy atom. The first-order valence-corrected chi connectivity index (χ1v) is 10.5. The second kappa shape index (κ2) is 7.85. The average molecular weight is 403 g/mol. The van der Waals surface area contributed by atoms with Crippen molar-refractivity contribution in [3.05, 3.63) is 53.7 Å². The molecule has 154 valence electrons. The molecule has 8 heteroatoms. The van der Waals surface area contributed by atoms with Crippen LogP contribution >= 0.6 is 0 Å². The number of nitrogens with one attached hydrogen (secondary N) is 1. The Balaban J connectivity index is 1.25. The molecular weight excluding hydrogens is 378 g/mol. The van der Waals surface area contributed by atoms with E-state index in [1.165, 1.54) is 18.4 Å². The summed E-state index contributed by atoms with van der Waals surface area (Å²) in [6, 6.07) is 3.97. The maximum Gasteiger partial charge on any atom is 0.253 e.